The number of anilines is 1. The van der Waals surface area contributed by atoms with Crippen molar-refractivity contribution in [2.24, 2.45) is 5.92 Å². The summed E-state index contributed by atoms with van der Waals surface area (Å²) in [6.45, 7) is 7.85. The summed E-state index contributed by atoms with van der Waals surface area (Å²) < 4.78 is 10.8. The van der Waals surface area contributed by atoms with Crippen molar-refractivity contribution < 1.29 is 33.9 Å². The first-order chi connectivity index (χ1) is 19.0. The zero-order valence-corrected chi connectivity index (χ0v) is 23.1. The van der Waals surface area contributed by atoms with Gasteiger partial charge in [0, 0.05) is 17.7 Å². The Balaban J connectivity index is 1.86. The summed E-state index contributed by atoms with van der Waals surface area (Å²) in [4.78, 5) is 55.7. The van der Waals surface area contributed by atoms with Gasteiger partial charge in [0.25, 0.3) is 11.5 Å². The lowest BCUT2D eigenvalue weighted by molar-refractivity contribution is -0.384. The number of carbonyl (C=O) groups is 3. The Morgan fingerprint density at radius 3 is 2.52 bits per heavy atom. The summed E-state index contributed by atoms with van der Waals surface area (Å²) >= 11 is 0.851. The van der Waals surface area contributed by atoms with Gasteiger partial charge >= 0.3 is 11.9 Å². The van der Waals surface area contributed by atoms with E-state index in [0.717, 1.165) is 16.2 Å². The Morgan fingerprint density at radius 1 is 1.20 bits per heavy atom. The van der Waals surface area contributed by atoms with Gasteiger partial charge in [-0.1, -0.05) is 37.3 Å². The number of Topliss-reactive ketones (excluding diaryl/α,β-unsaturated/α-hetero) is 1. The van der Waals surface area contributed by atoms with Crippen molar-refractivity contribution in [3.05, 3.63) is 85.9 Å². The highest BCUT2D eigenvalue weighted by Crippen LogP contribution is 2.44. The fraction of sp³-hybridized carbons (Fsp3) is 0.286. The number of aromatic nitrogens is 1. The molecule has 1 N–H and O–H groups in total. The van der Waals surface area contributed by atoms with Crippen LogP contribution >= 0.6 is 11.3 Å². The molecule has 2 aromatic carbocycles. The van der Waals surface area contributed by atoms with E-state index in [4.69, 9.17) is 9.47 Å². The molecule has 0 spiro atoms. The smallest absolute Gasteiger partial charge is 0.350 e. The number of benzene rings is 2. The molecule has 1 fully saturated rings. The van der Waals surface area contributed by atoms with Crippen molar-refractivity contribution in [2.75, 3.05) is 18.1 Å². The third-order valence-electron chi connectivity index (χ3n) is 6.00. The maximum atomic E-state index is 13.4. The van der Waals surface area contributed by atoms with Crippen molar-refractivity contribution >= 4 is 45.6 Å². The highest BCUT2D eigenvalue weighted by Gasteiger charge is 2.48. The van der Waals surface area contributed by atoms with E-state index in [1.807, 2.05) is 13.8 Å². The molecule has 2 heterocycles. The topological polar surface area (TPSA) is 149 Å². The van der Waals surface area contributed by atoms with Crippen LogP contribution in [0.3, 0.4) is 0 Å². The lowest BCUT2D eigenvalue weighted by atomic mass is 9.95. The molecule has 1 aliphatic heterocycles. The molecule has 1 aromatic heterocycles. The Kier molecular flexibility index (Phi) is 8.29. The molecule has 40 heavy (non-hydrogen) atoms. The predicted molar refractivity (Wildman–Crippen MR) is 147 cm³/mol. The van der Waals surface area contributed by atoms with Gasteiger partial charge in [-0.25, -0.2) is 9.78 Å². The summed E-state index contributed by atoms with van der Waals surface area (Å²) in [5.74, 6) is -2.24. The van der Waals surface area contributed by atoms with Crippen molar-refractivity contribution in [1.29, 1.82) is 0 Å². The van der Waals surface area contributed by atoms with Crippen LogP contribution in [0.1, 0.15) is 53.3 Å². The van der Waals surface area contributed by atoms with Gasteiger partial charge in [0.15, 0.2) is 5.13 Å². The highest BCUT2D eigenvalue weighted by atomic mass is 32.1. The molecule has 1 amide bonds. The van der Waals surface area contributed by atoms with Crippen LogP contribution in [-0.4, -0.2) is 45.9 Å². The summed E-state index contributed by atoms with van der Waals surface area (Å²) in [5, 5.41) is 22.9. The van der Waals surface area contributed by atoms with Gasteiger partial charge in [-0.05, 0) is 49.6 Å². The van der Waals surface area contributed by atoms with Gasteiger partial charge < -0.3 is 14.6 Å². The van der Waals surface area contributed by atoms with Gasteiger partial charge in [-0.3, -0.25) is 24.6 Å². The Morgan fingerprint density at radius 2 is 1.90 bits per heavy atom. The maximum absolute atomic E-state index is 13.4. The number of non-ortho nitro benzene ring substituents is 1. The average Bonchev–Trinajstić information content (AvgIpc) is 3.44. The quantitative estimate of drug-likeness (QED) is 0.0922. The van der Waals surface area contributed by atoms with Gasteiger partial charge in [0.1, 0.15) is 16.4 Å². The number of hydrogen-bond acceptors (Lipinski definition) is 10. The van der Waals surface area contributed by atoms with E-state index >= 15 is 0 Å². The molecular formula is C28H27N3O8S. The summed E-state index contributed by atoms with van der Waals surface area (Å²) in [6, 6.07) is 10.6. The molecule has 1 aliphatic rings. The first-order valence-electron chi connectivity index (χ1n) is 12.5. The van der Waals surface area contributed by atoms with E-state index in [1.54, 1.807) is 38.1 Å². The van der Waals surface area contributed by atoms with E-state index in [0.29, 0.717) is 18.3 Å². The number of amides is 1. The summed E-state index contributed by atoms with van der Waals surface area (Å²) in [5.41, 5.74) is 0.199. The molecule has 3 aromatic rings. The normalized spacial score (nSPS) is 16.4. The number of thiazole rings is 1. The third kappa shape index (κ3) is 5.57. The van der Waals surface area contributed by atoms with Gasteiger partial charge in [-0.2, -0.15) is 0 Å². The number of hydrogen-bond donors (Lipinski definition) is 1. The average molecular weight is 566 g/mol. The van der Waals surface area contributed by atoms with E-state index in [-0.39, 0.29) is 44.7 Å². The van der Waals surface area contributed by atoms with E-state index in [1.165, 1.54) is 24.3 Å². The zero-order valence-electron chi connectivity index (χ0n) is 22.2. The lowest BCUT2D eigenvalue weighted by Crippen LogP contribution is -2.29. The Hall–Kier alpha value is -4.58. The maximum Gasteiger partial charge on any atom is 0.350 e. The third-order valence-corrected chi connectivity index (χ3v) is 7.14. The number of aryl methyl sites for hydroxylation is 1. The fourth-order valence-corrected chi connectivity index (χ4v) is 5.14. The second-order valence-electron chi connectivity index (χ2n) is 9.38. The molecule has 208 valence electrons. The van der Waals surface area contributed by atoms with Crippen LogP contribution in [0.15, 0.2) is 54.1 Å². The predicted octanol–water partition coefficient (Wildman–Crippen LogP) is 5.20. The molecule has 0 radical (unpaired) electrons. The number of ether oxygens (including phenoxy) is 2. The summed E-state index contributed by atoms with van der Waals surface area (Å²) in [6.07, 6.45) is 0. The number of ketones is 1. The van der Waals surface area contributed by atoms with Crippen LogP contribution in [0, 0.1) is 23.0 Å². The SMILES string of the molecule is CCOC(=O)c1sc(N2C(=O)C(=O)/C(=C(/O)c3ccc(OCC(C)C)cc3)C2c2cccc([N+](=O)[O-])c2)nc1C. The highest BCUT2D eigenvalue weighted by molar-refractivity contribution is 7.17. The molecule has 0 saturated carbocycles. The van der Waals surface area contributed by atoms with Crippen LogP contribution in [0.4, 0.5) is 10.8 Å². The number of nitro groups is 1. The molecule has 0 aliphatic carbocycles. The van der Waals surface area contributed by atoms with Crippen molar-refractivity contribution in [3.8, 4) is 5.75 Å². The van der Waals surface area contributed by atoms with Crippen LogP contribution in [0.5, 0.6) is 5.75 Å². The Labute approximate surface area is 233 Å². The number of rotatable bonds is 9. The fourth-order valence-electron chi connectivity index (χ4n) is 4.15. The minimum absolute atomic E-state index is 0.00985. The van der Waals surface area contributed by atoms with E-state index in [2.05, 4.69) is 4.98 Å². The molecule has 1 saturated heterocycles. The minimum atomic E-state index is -1.25. The molecule has 12 heteroatoms. The molecule has 4 rings (SSSR count). The van der Waals surface area contributed by atoms with Crippen molar-refractivity contribution in [3.63, 3.8) is 0 Å². The van der Waals surface area contributed by atoms with Gasteiger partial charge in [0.05, 0.1) is 35.4 Å². The molecular weight excluding hydrogens is 538 g/mol. The zero-order chi connectivity index (χ0) is 29.1. The number of aliphatic hydroxyl groups excluding tert-OH is 1. The number of aliphatic hydroxyl groups is 1. The summed E-state index contributed by atoms with van der Waals surface area (Å²) in [7, 11) is 0. The van der Waals surface area contributed by atoms with Crippen LogP contribution in [0.25, 0.3) is 5.76 Å². The van der Waals surface area contributed by atoms with Crippen molar-refractivity contribution in [1.82, 2.24) is 4.98 Å². The largest absolute Gasteiger partial charge is 0.507 e. The minimum Gasteiger partial charge on any atom is -0.507 e. The van der Waals surface area contributed by atoms with E-state index in [9.17, 15) is 29.6 Å². The van der Waals surface area contributed by atoms with Crippen LogP contribution < -0.4 is 9.64 Å². The molecule has 11 nitrogen and oxygen atoms in total. The second-order valence-corrected chi connectivity index (χ2v) is 10.4. The Bertz CT molecular complexity index is 1510. The van der Waals surface area contributed by atoms with E-state index < -0.39 is 34.4 Å². The number of nitro benzene ring substituents is 1. The van der Waals surface area contributed by atoms with Crippen molar-refractivity contribution in [2.45, 2.75) is 33.7 Å². The lowest BCUT2D eigenvalue weighted by Gasteiger charge is -2.22. The van der Waals surface area contributed by atoms with Gasteiger partial charge in [0.2, 0.25) is 0 Å². The van der Waals surface area contributed by atoms with Crippen LogP contribution in [-0.2, 0) is 14.3 Å². The monoisotopic (exact) mass is 565 g/mol. The number of carbonyl (C=O) groups excluding carboxylic acids is 3. The molecule has 0 bridgehead atoms. The second kappa shape index (κ2) is 11.7. The number of nitrogens with zero attached hydrogens (tertiary/aromatic N) is 3. The number of esters is 1. The first kappa shape index (κ1) is 28.4. The standard InChI is InChI=1S/C28H27N3O8S/c1-5-38-27(35)25-16(4)29-28(40-25)30-22(18-7-6-8-19(13-18)31(36)37)21(24(33)26(30)34)23(32)17-9-11-20(12-10-17)39-14-15(2)3/h6-13,15,22,32H,5,14H2,1-4H3/b23-21+. The van der Waals surface area contributed by atoms with Crippen LogP contribution in [0.2, 0.25) is 0 Å². The first-order valence-corrected chi connectivity index (χ1v) is 13.3. The molecule has 1 unspecified atom stereocenters. The molecule has 1 atom stereocenters. The van der Waals surface area contributed by atoms with Gasteiger partial charge in [-0.15, -0.1) is 0 Å².